The van der Waals surface area contributed by atoms with Crippen LogP contribution in [0.25, 0.3) is 11.4 Å². The number of halogens is 1. The molecule has 0 N–H and O–H groups in total. The van der Waals surface area contributed by atoms with E-state index >= 15 is 0 Å². The molecule has 0 aliphatic rings. The standard InChI is InChI=1S/C10H9IN2O2/c1-14-8-5-3-2-4-7(8)10-12-9(6-11)15-13-10/h2-5H,6H2,1H3. The van der Waals surface area contributed by atoms with E-state index in [4.69, 9.17) is 9.26 Å². The van der Waals surface area contributed by atoms with E-state index < -0.39 is 0 Å². The summed E-state index contributed by atoms with van der Waals surface area (Å²) < 4.78 is 11.0. The van der Waals surface area contributed by atoms with Crippen molar-refractivity contribution >= 4 is 22.6 Å². The zero-order chi connectivity index (χ0) is 10.7. The molecule has 0 unspecified atom stereocenters. The molecular formula is C10H9IN2O2. The van der Waals surface area contributed by atoms with E-state index in [1.54, 1.807) is 7.11 Å². The molecule has 1 heterocycles. The summed E-state index contributed by atoms with van der Waals surface area (Å²) >= 11 is 2.18. The summed E-state index contributed by atoms with van der Waals surface area (Å²) in [5, 5.41) is 3.89. The zero-order valence-corrected chi connectivity index (χ0v) is 10.3. The molecule has 0 amide bonds. The van der Waals surface area contributed by atoms with Crippen LogP contribution in [0.3, 0.4) is 0 Å². The molecule has 5 heteroatoms. The number of aromatic nitrogens is 2. The monoisotopic (exact) mass is 316 g/mol. The Kier molecular flexibility index (Phi) is 3.20. The number of ether oxygens (including phenoxy) is 1. The largest absolute Gasteiger partial charge is 0.496 e. The maximum absolute atomic E-state index is 5.22. The van der Waals surface area contributed by atoms with Gasteiger partial charge in [0, 0.05) is 0 Å². The summed E-state index contributed by atoms with van der Waals surface area (Å²) in [5.74, 6) is 1.94. The first-order valence-electron chi connectivity index (χ1n) is 4.37. The van der Waals surface area contributed by atoms with Crippen molar-refractivity contribution in [2.75, 3.05) is 7.11 Å². The lowest BCUT2D eigenvalue weighted by molar-refractivity contribution is 0.392. The Hall–Kier alpha value is -1.11. The molecule has 1 aromatic heterocycles. The number of hydrogen-bond donors (Lipinski definition) is 0. The summed E-state index contributed by atoms with van der Waals surface area (Å²) in [4.78, 5) is 4.24. The molecule has 0 saturated carbocycles. The Morgan fingerprint density at radius 3 is 2.87 bits per heavy atom. The maximum atomic E-state index is 5.22. The van der Waals surface area contributed by atoms with Crippen molar-refractivity contribution < 1.29 is 9.26 Å². The van der Waals surface area contributed by atoms with Crippen molar-refractivity contribution in [3.63, 3.8) is 0 Å². The molecule has 78 valence electrons. The minimum Gasteiger partial charge on any atom is -0.496 e. The van der Waals surface area contributed by atoms with E-state index in [1.807, 2.05) is 24.3 Å². The van der Waals surface area contributed by atoms with Crippen LogP contribution in [0.1, 0.15) is 5.89 Å². The molecule has 0 atom stereocenters. The van der Waals surface area contributed by atoms with Gasteiger partial charge in [-0.25, -0.2) is 0 Å². The summed E-state index contributed by atoms with van der Waals surface area (Å²) in [6.45, 7) is 0. The van der Waals surface area contributed by atoms with Crippen molar-refractivity contribution in [2.45, 2.75) is 4.43 Å². The lowest BCUT2D eigenvalue weighted by Crippen LogP contribution is -1.88. The number of rotatable bonds is 3. The van der Waals surface area contributed by atoms with Crippen LogP contribution in [0.5, 0.6) is 5.75 Å². The molecule has 0 aliphatic heterocycles. The second-order valence-electron chi connectivity index (χ2n) is 2.85. The molecule has 2 rings (SSSR count). The third-order valence-corrected chi connectivity index (χ3v) is 2.58. The van der Waals surface area contributed by atoms with Gasteiger partial charge in [0.15, 0.2) is 0 Å². The summed E-state index contributed by atoms with van der Waals surface area (Å²) in [5.41, 5.74) is 0.847. The Morgan fingerprint density at radius 1 is 1.40 bits per heavy atom. The molecule has 0 spiro atoms. The van der Waals surface area contributed by atoms with Crippen LogP contribution in [0.4, 0.5) is 0 Å². The first-order chi connectivity index (χ1) is 7.35. The van der Waals surface area contributed by atoms with Crippen LogP contribution in [0.2, 0.25) is 0 Å². The first kappa shape index (κ1) is 10.4. The highest BCUT2D eigenvalue weighted by Crippen LogP contribution is 2.27. The molecule has 0 radical (unpaired) electrons. The van der Waals surface area contributed by atoms with Gasteiger partial charge in [-0.15, -0.1) is 0 Å². The molecule has 15 heavy (non-hydrogen) atoms. The number of benzene rings is 1. The van der Waals surface area contributed by atoms with Crippen LogP contribution in [-0.2, 0) is 4.43 Å². The zero-order valence-electron chi connectivity index (χ0n) is 8.11. The van der Waals surface area contributed by atoms with Gasteiger partial charge in [0.25, 0.3) is 0 Å². The number of methoxy groups -OCH3 is 1. The fourth-order valence-electron chi connectivity index (χ4n) is 1.25. The van der Waals surface area contributed by atoms with E-state index in [0.29, 0.717) is 16.1 Å². The molecule has 1 aromatic carbocycles. The van der Waals surface area contributed by atoms with Gasteiger partial charge in [0.05, 0.1) is 17.1 Å². The molecule has 0 bridgehead atoms. The van der Waals surface area contributed by atoms with E-state index in [2.05, 4.69) is 32.7 Å². The van der Waals surface area contributed by atoms with Gasteiger partial charge in [-0.05, 0) is 12.1 Å². The summed E-state index contributed by atoms with van der Waals surface area (Å²) in [6, 6.07) is 7.59. The summed E-state index contributed by atoms with van der Waals surface area (Å²) in [7, 11) is 1.62. The van der Waals surface area contributed by atoms with Gasteiger partial charge < -0.3 is 9.26 Å². The second-order valence-corrected chi connectivity index (χ2v) is 3.61. The predicted octanol–water partition coefficient (Wildman–Crippen LogP) is 2.68. The molecule has 0 saturated heterocycles. The van der Waals surface area contributed by atoms with Crippen LogP contribution < -0.4 is 4.74 Å². The lowest BCUT2D eigenvalue weighted by atomic mass is 10.2. The lowest BCUT2D eigenvalue weighted by Gasteiger charge is -2.02. The number of nitrogens with zero attached hydrogens (tertiary/aromatic N) is 2. The fourth-order valence-corrected chi connectivity index (χ4v) is 1.56. The minimum absolute atomic E-state index is 0.569. The maximum Gasteiger partial charge on any atom is 0.236 e. The Morgan fingerprint density at radius 2 is 2.20 bits per heavy atom. The topological polar surface area (TPSA) is 48.2 Å². The molecule has 4 nitrogen and oxygen atoms in total. The average Bonchev–Trinajstić information content (AvgIpc) is 2.77. The van der Waals surface area contributed by atoms with Crippen molar-refractivity contribution in [3.05, 3.63) is 30.2 Å². The number of alkyl halides is 1. The molecular weight excluding hydrogens is 307 g/mol. The predicted molar refractivity (Wildman–Crippen MR) is 64.0 cm³/mol. The van der Waals surface area contributed by atoms with Crippen LogP contribution in [0.15, 0.2) is 28.8 Å². The number of para-hydroxylation sites is 1. The quantitative estimate of drug-likeness (QED) is 0.645. The van der Waals surface area contributed by atoms with Gasteiger partial charge in [-0.2, -0.15) is 4.98 Å². The highest BCUT2D eigenvalue weighted by atomic mass is 127. The Bertz CT molecular complexity index is 456. The SMILES string of the molecule is COc1ccccc1-c1noc(CI)n1. The number of hydrogen-bond acceptors (Lipinski definition) is 4. The van der Waals surface area contributed by atoms with Crippen LogP contribution >= 0.6 is 22.6 Å². The third-order valence-electron chi connectivity index (χ3n) is 1.93. The van der Waals surface area contributed by atoms with E-state index in [0.717, 1.165) is 11.3 Å². The van der Waals surface area contributed by atoms with Gasteiger partial charge in [-0.3, -0.25) is 0 Å². The van der Waals surface area contributed by atoms with E-state index in [9.17, 15) is 0 Å². The van der Waals surface area contributed by atoms with Gasteiger partial charge in [0.2, 0.25) is 11.7 Å². The van der Waals surface area contributed by atoms with Gasteiger partial charge in [-0.1, -0.05) is 39.9 Å². The second kappa shape index (κ2) is 4.61. The third kappa shape index (κ3) is 2.11. The van der Waals surface area contributed by atoms with Crippen molar-refractivity contribution in [1.82, 2.24) is 10.1 Å². The highest BCUT2D eigenvalue weighted by Gasteiger charge is 2.11. The fraction of sp³-hybridized carbons (Fsp3) is 0.200. The Balaban J connectivity index is 2.44. The first-order valence-corrected chi connectivity index (χ1v) is 5.89. The Labute approximate surface area is 101 Å². The molecule has 2 aromatic rings. The smallest absolute Gasteiger partial charge is 0.236 e. The van der Waals surface area contributed by atoms with Gasteiger partial charge >= 0.3 is 0 Å². The normalized spacial score (nSPS) is 10.3. The van der Waals surface area contributed by atoms with Crippen molar-refractivity contribution in [3.8, 4) is 17.1 Å². The van der Waals surface area contributed by atoms with Crippen molar-refractivity contribution in [1.29, 1.82) is 0 Å². The van der Waals surface area contributed by atoms with Gasteiger partial charge in [0.1, 0.15) is 5.75 Å². The minimum atomic E-state index is 0.569. The van der Waals surface area contributed by atoms with E-state index in [-0.39, 0.29) is 0 Å². The summed E-state index contributed by atoms with van der Waals surface area (Å²) in [6.07, 6.45) is 0. The van der Waals surface area contributed by atoms with E-state index in [1.165, 1.54) is 0 Å². The molecule has 0 aliphatic carbocycles. The van der Waals surface area contributed by atoms with Crippen LogP contribution in [0, 0.1) is 0 Å². The molecule has 0 fully saturated rings. The highest BCUT2D eigenvalue weighted by molar-refractivity contribution is 14.1. The van der Waals surface area contributed by atoms with Crippen molar-refractivity contribution in [2.24, 2.45) is 0 Å². The average molecular weight is 316 g/mol. The van der Waals surface area contributed by atoms with Crippen LogP contribution in [-0.4, -0.2) is 17.3 Å².